The van der Waals surface area contributed by atoms with Crippen molar-refractivity contribution in [2.45, 2.75) is 6.10 Å². The lowest BCUT2D eigenvalue weighted by molar-refractivity contribution is 0.230. The molecule has 3 nitrogen and oxygen atoms in total. The van der Waals surface area contributed by atoms with Gasteiger partial charge in [-0.05, 0) is 17.7 Å². The summed E-state index contributed by atoms with van der Waals surface area (Å²) in [6.45, 7) is 0.327. The second-order valence-corrected chi connectivity index (χ2v) is 2.93. The first-order valence-corrected chi connectivity index (χ1v) is 4.57. The number of methoxy groups -OCH3 is 2. The van der Waals surface area contributed by atoms with Crippen LogP contribution in [0.2, 0.25) is 0 Å². The summed E-state index contributed by atoms with van der Waals surface area (Å²) in [6.07, 6.45) is -0.772. The summed E-state index contributed by atoms with van der Waals surface area (Å²) >= 11 is 0. The van der Waals surface area contributed by atoms with E-state index in [1.807, 2.05) is 0 Å². The maximum Gasteiger partial charge on any atom is 0.140 e. The molecule has 1 rings (SSSR count). The second-order valence-electron chi connectivity index (χ2n) is 2.93. The largest absolute Gasteiger partial charge is 0.497 e. The molecular formula is C12H14O3. The molecule has 0 amide bonds. The van der Waals surface area contributed by atoms with Crippen molar-refractivity contribution >= 4 is 0 Å². The van der Waals surface area contributed by atoms with Gasteiger partial charge in [-0.3, -0.25) is 0 Å². The predicted octanol–water partition coefficient (Wildman–Crippen LogP) is 1.38. The molecule has 0 unspecified atom stereocenters. The van der Waals surface area contributed by atoms with Crippen molar-refractivity contribution in [3.05, 3.63) is 29.8 Å². The Bertz CT molecular complexity index is 345. The Balaban J connectivity index is 2.66. The van der Waals surface area contributed by atoms with Crippen molar-refractivity contribution in [1.29, 1.82) is 0 Å². The normalized spacial score (nSPS) is 11.4. The molecule has 0 fully saturated rings. The lowest BCUT2D eigenvalue weighted by atomic mass is 10.1. The first-order valence-electron chi connectivity index (χ1n) is 4.57. The number of aliphatic hydroxyl groups excluding tert-OH is 1. The third-order valence-corrected chi connectivity index (χ3v) is 1.89. The van der Waals surface area contributed by atoms with Gasteiger partial charge in [0.1, 0.15) is 18.5 Å². The van der Waals surface area contributed by atoms with Gasteiger partial charge in [0.15, 0.2) is 0 Å². The molecule has 0 spiro atoms. The molecule has 1 aromatic carbocycles. The molecule has 0 saturated carbocycles. The minimum absolute atomic E-state index is 0.327. The van der Waals surface area contributed by atoms with Crippen molar-refractivity contribution in [3.8, 4) is 17.6 Å². The van der Waals surface area contributed by atoms with Crippen molar-refractivity contribution in [1.82, 2.24) is 0 Å². The maximum atomic E-state index is 9.64. The van der Waals surface area contributed by atoms with Gasteiger partial charge in [0.25, 0.3) is 0 Å². The second kappa shape index (κ2) is 6.07. The Kier molecular flexibility index (Phi) is 4.69. The quantitative estimate of drug-likeness (QED) is 0.759. The average molecular weight is 206 g/mol. The zero-order valence-corrected chi connectivity index (χ0v) is 8.86. The minimum atomic E-state index is -0.772. The van der Waals surface area contributed by atoms with Crippen LogP contribution < -0.4 is 4.74 Å². The molecule has 1 aromatic rings. The standard InChI is InChI=1S/C12H14O3/c1-14-9-3-4-12(13)10-5-7-11(15-2)8-6-10/h5-8,12-13H,9H2,1-2H3/t12-/m1/s1. The van der Waals surface area contributed by atoms with Crippen LogP contribution in [0.3, 0.4) is 0 Å². The maximum absolute atomic E-state index is 9.64. The highest BCUT2D eigenvalue weighted by molar-refractivity contribution is 5.31. The average Bonchev–Trinajstić information content (AvgIpc) is 2.29. The summed E-state index contributed by atoms with van der Waals surface area (Å²) in [7, 11) is 3.16. The minimum Gasteiger partial charge on any atom is -0.497 e. The summed E-state index contributed by atoms with van der Waals surface area (Å²) in [6, 6.07) is 7.14. The van der Waals surface area contributed by atoms with E-state index >= 15 is 0 Å². The van der Waals surface area contributed by atoms with E-state index in [1.165, 1.54) is 0 Å². The summed E-state index contributed by atoms with van der Waals surface area (Å²) in [5.74, 6) is 6.15. The zero-order valence-electron chi connectivity index (χ0n) is 8.86. The Morgan fingerprint density at radius 3 is 2.47 bits per heavy atom. The lowest BCUT2D eigenvalue weighted by Gasteiger charge is -2.04. The SMILES string of the molecule is COCC#C[C@@H](O)c1ccc(OC)cc1. The van der Waals surface area contributed by atoms with Crippen LogP contribution >= 0.6 is 0 Å². The molecule has 1 N–H and O–H groups in total. The van der Waals surface area contributed by atoms with Crippen molar-refractivity contribution in [2.24, 2.45) is 0 Å². The van der Waals surface area contributed by atoms with E-state index in [4.69, 9.17) is 9.47 Å². The highest BCUT2D eigenvalue weighted by Gasteiger charge is 2.02. The molecule has 0 aliphatic rings. The molecule has 0 saturated heterocycles. The van der Waals surface area contributed by atoms with Gasteiger partial charge in [0, 0.05) is 7.11 Å². The lowest BCUT2D eigenvalue weighted by Crippen LogP contribution is -1.94. The highest BCUT2D eigenvalue weighted by atomic mass is 16.5. The van der Waals surface area contributed by atoms with Crippen LogP contribution in [-0.4, -0.2) is 25.9 Å². The summed E-state index contributed by atoms with van der Waals surface area (Å²) in [4.78, 5) is 0. The summed E-state index contributed by atoms with van der Waals surface area (Å²) in [5, 5.41) is 9.64. The Hall–Kier alpha value is -1.50. The number of rotatable bonds is 3. The van der Waals surface area contributed by atoms with Gasteiger partial charge in [0.05, 0.1) is 7.11 Å². The molecule has 1 atom stereocenters. The molecular weight excluding hydrogens is 192 g/mol. The Labute approximate surface area is 89.6 Å². The Morgan fingerprint density at radius 1 is 1.27 bits per heavy atom. The molecule has 80 valence electrons. The summed E-state index contributed by atoms with van der Waals surface area (Å²) < 4.78 is 9.77. The molecule has 0 radical (unpaired) electrons. The third-order valence-electron chi connectivity index (χ3n) is 1.89. The molecule has 0 bridgehead atoms. The van der Waals surface area contributed by atoms with E-state index in [2.05, 4.69) is 11.8 Å². The van der Waals surface area contributed by atoms with E-state index in [1.54, 1.807) is 38.5 Å². The van der Waals surface area contributed by atoms with Gasteiger partial charge in [-0.1, -0.05) is 24.0 Å². The van der Waals surface area contributed by atoms with Crippen LogP contribution in [0.4, 0.5) is 0 Å². The fourth-order valence-corrected chi connectivity index (χ4v) is 1.08. The fraction of sp³-hybridized carbons (Fsp3) is 0.333. The molecule has 3 heteroatoms. The van der Waals surface area contributed by atoms with E-state index in [9.17, 15) is 5.11 Å². The van der Waals surface area contributed by atoms with Crippen molar-refractivity contribution < 1.29 is 14.6 Å². The number of ether oxygens (including phenoxy) is 2. The number of hydrogen-bond donors (Lipinski definition) is 1. The topological polar surface area (TPSA) is 38.7 Å². The molecule has 15 heavy (non-hydrogen) atoms. The van der Waals surface area contributed by atoms with E-state index in [0.717, 1.165) is 11.3 Å². The smallest absolute Gasteiger partial charge is 0.140 e. The van der Waals surface area contributed by atoms with Crippen LogP contribution in [0.25, 0.3) is 0 Å². The van der Waals surface area contributed by atoms with E-state index in [0.29, 0.717) is 6.61 Å². The van der Waals surface area contributed by atoms with Crippen LogP contribution in [-0.2, 0) is 4.74 Å². The molecule has 0 aromatic heterocycles. The van der Waals surface area contributed by atoms with Crippen LogP contribution in [0.15, 0.2) is 24.3 Å². The molecule has 0 aliphatic heterocycles. The summed E-state index contributed by atoms with van der Waals surface area (Å²) in [5.41, 5.74) is 0.749. The van der Waals surface area contributed by atoms with Crippen LogP contribution in [0.5, 0.6) is 5.75 Å². The van der Waals surface area contributed by atoms with E-state index < -0.39 is 6.10 Å². The molecule has 0 aliphatic carbocycles. The monoisotopic (exact) mass is 206 g/mol. The van der Waals surface area contributed by atoms with Crippen LogP contribution in [0.1, 0.15) is 11.7 Å². The number of hydrogen-bond acceptors (Lipinski definition) is 3. The van der Waals surface area contributed by atoms with Crippen molar-refractivity contribution in [2.75, 3.05) is 20.8 Å². The Morgan fingerprint density at radius 2 is 1.93 bits per heavy atom. The van der Waals surface area contributed by atoms with Crippen molar-refractivity contribution in [3.63, 3.8) is 0 Å². The van der Waals surface area contributed by atoms with Crippen LogP contribution in [0, 0.1) is 11.8 Å². The zero-order chi connectivity index (χ0) is 11.1. The van der Waals surface area contributed by atoms with Gasteiger partial charge in [-0.15, -0.1) is 0 Å². The van der Waals surface area contributed by atoms with Gasteiger partial charge < -0.3 is 14.6 Å². The first-order chi connectivity index (χ1) is 7.27. The van der Waals surface area contributed by atoms with Gasteiger partial charge >= 0.3 is 0 Å². The highest BCUT2D eigenvalue weighted by Crippen LogP contribution is 2.16. The number of aliphatic hydroxyl groups is 1. The van der Waals surface area contributed by atoms with Gasteiger partial charge in [-0.2, -0.15) is 0 Å². The number of benzene rings is 1. The van der Waals surface area contributed by atoms with E-state index in [-0.39, 0.29) is 0 Å². The third kappa shape index (κ3) is 3.62. The predicted molar refractivity (Wildman–Crippen MR) is 57.6 cm³/mol. The first kappa shape index (κ1) is 11.6. The fourth-order valence-electron chi connectivity index (χ4n) is 1.08. The van der Waals surface area contributed by atoms with Gasteiger partial charge in [0.2, 0.25) is 0 Å². The van der Waals surface area contributed by atoms with Gasteiger partial charge in [-0.25, -0.2) is 0 Å². The molecule has 0 heterocycles.